The third kappa shape index (κ3) is 4.97. The second-order valence-corrected chi connectivity index (χ2v) is 4.98. The Morgan fingerprint density at radius 3 is 2.14 bits per heavy atom. The van der Waals surface area contributed by atoms with E-state index in [0.717, 1.165) is 27.5 Å². The minimum Gasteiger partial charge on any atom is -0.412 e. The fraction of sp³-hybridized carbons (Fsp3) is 0. The third-order valence-electron chi connectivity index (χ3n) is 2.54. The SMILES string of the molecule is Nc1ccc2cc3ccccc3nc2c1.O.O=S(=O)(O)O. The highest BCUT2D eigenvalue weighted by Gasteiger charge is 1.98. The number of nitrogen functional groups attached to an aromatic ring is 1. The molecule has 0 unspecified atom stereocenters. The van der Waals surface area contributed by atoms with Gasteiger partial charge in [0.1, 0.15) is 0 Å². The summed E-state index contributed by atoms with van der Waals surface area (Å²) in [7, 11) is -4.67. The highest BCUT2D eigenvalue weighted by molar-refractivity contribution is 7.79. The number of nitrogens with two attached hydrogens (primary N) is 1. The Morgan fingerprint density at radius 1 is 0.905 bits per heavy atom. The van der Waals surface area contributed by atoms with Gasteiger partial charge in [0, 0.05) is 16.5 Å². The molecule has 0 amide bonds. The standard InChI is InChI=1S/C13H10N2.H2O4S.H2O/c14-11-6-5-10-7-9-3-1-2-4-12(9)15-13(10)8-11;1-5(2,3)4;/h1-8H,14H2;(H2,1,2,3,4);1H2. The lowest BCUT2D eigenvalue weighted by molar-refractivity contribution is 0.381. The summed E-state index contributed by atoms with van der Waals surface area (Å²) in [5, 5.41) is 2.29. The predicted octanol–water partition coefficient (Wildman–Crippen LogP) is 1.49. The highest BCUT2D eigenvalue weighted by Crippen LogP contribution is 2.20. The maximum absolute atomic E-state index is 8.74. The van der Waals surface area contributed by atoms with Crippen molar-refractivity contribution in [3.05, 3.63) is 48.5 Å². The normalized spacial score (nSPS) is 10.6. The average molecular weight is 310 g/mol. The van der Waals surface area contributed by atoms with Crippen LogP contribution in [0.4, 0.5) is 5.69 Å². The smallest absolute Gasteiger partial charge is 0.394 e. The van der Waals surface area contributed by atoms with Crippen LogP contribution in [0, 0.1) is 0 Å². The Balaban J connectivity index is 0.000000324. The molecular formula is C13H14N2O5S. The summed E-state index contributed by atoms with van der Waals surface area (Å²) in [5.74, 6) is 0. The first-order valence-corrected chi connectivity index (χ1v) is 6.97. The molecule has 0 fully saturated rings. The van der Waals surface area contributed by atoms with Crippen LogP contribution in [0.2, 0.25) is 0 Å². The number of aromatic nitrogens is 1. The van der Waals surface area contributed by atoms with Crippen LogP contribution >= 0.6 is 0 Å². The Morgan fingerprint density at radius 2 is 1.48 bits per heavy atom. The Hall–Kier alpha value is -2.26. The maximum Gasteiger partial charge on any atom is 0.394 e. The van der Waals surface area contributed by atoms with Crippen molar-refractivity contribution in [2.45, 2.75) is 0 Å². The molecule has 1 aromatic heterocycles. The summed E-state index contributed by atoms with van der Waals surface area (Å²) in [6.45, 7) is 0. The molecule has 2 aromatic carbocycles. The Labute approximate surface area is 120 Å². The van der Waals surface area contributed by atoms with E-state index in [1.807, 2.05) is 36.4 Å². The van der Waals surface area contributed by atoms with Gasteiger partial charge in [-0.2, -0.15) is 8.42 Å². The van der Waals surface area contributed by atoms with E-state index in [9.17, 15) is 0 Å². The number of fused-ring (bicyclic) bond motifs is 2. The van der Waals surface area contributed by atoms with Crippen LogP contribution in [0.3, 0.4) is 0 Å². The molecule has 7 nitrogen and oxygen atoms in total. The van der Waals surface area contributed by atoms with E-state index in [4.69, 9.17) is 23.3 Å². The molecule has 8 heteroatoms. The minimum atomic E-state index is -4.67. The lowest BCUT2D eigenvalue weighted by Crippen LogP contribution is -1.89. The van der Waals surface area contributed by atoms with Gasteiger partial charge in [-0.1, -0.05) is 24.3 Å². The van der Waals surface area contributed by atoms with Gasteiger partial charge in [-0.25, -0.2) is 4.98 Å². The van der Waals surface area contributed by atoms with Gasteiger partial charge in [-0.15, -0.1) is 0 Å². The van der Waals surface area contributed by atoms with Gasteiger partial charge < -0.3 is 11.2 Å². The number of benzene rings is 2. The van der Waals surface area contributed by atoms with Crippen molar-refractivity contribution < 1.29 is 23.0 Å². The fourth-order valence-corrected chi connectivity index (χ4v) is 1.79. The molecule has 0 bridgehead atoms. The van der Waals surface area contributed by atoms with Crippen LogP contribution in [-0.2, 0) is 10.4 Å². The molecule has 0 aliphatic heterocycles. The zero-order valence-corrected chi connectivity index (χ0v) is 11.6. The van der Waals surface area contributed by atoms with Crippen LogP contribution in [0.25, 0.3) is 21.8 Å². The summed E-state index contributed by atoms with van der Waals surface area (Å²) in [4.78, 5) is 4.56. The van der Waals surface area contributed by atoms with Gasteiger partial charge in [-0.05, 0) is 24.3 Å². The molecule has 0 aliphatic carbocycles. The first kappa shape index (κ1) is 16.8. The summed E-state index contributed by atoms with van der Waals surface area (Å²) in [6.07, 6.45) is 0. The molecule has 112 valence electrons. The maximum atomic E-state index is 8.74. The largest absolute Gasteiger partial charge is 0.412 e. The first-order valence-electron chi connectivity index (χ1n) is 5.58. The zero-order chi connectivity index (χ0) is 14.8. The second-order valence-electron chi connectivity index (χ2n) is 4.08. The lowest BCUT2D eigenvalue weighted by atomic mass is 10.1. The van der Waals surface area contributed by atoms with Gasteiger partial charge in [0.15, 0.2) is 0 Å². The summed E-state index contributed by atoms with van der Waals surface area (Å²) in [6, 6.07) is 16.0. The van der Waals surface area contributed by atoms with Gasteiger partial charge in [0.25, 0.3) is 0 Å². The summed E-state index contributed by atoms with van der Waals surface area (Å²) < 4.78 is 31.6. The molecule has 0 spiro atoms. The van der Waals surface area contributed by atoms with Gasteiger partial charge in [0.2, 0.25) is 0 Å². The Kier molecular flexibility index (Phi) is 5.17. The predicted molar refractivity (Wildman–Crippen MR) is 81.5 cm³/mol. The van der Waals surface area contributed by atoms with Crippen molar-refractivity contribution >= 4 is 37.9 Å². The van der Waals surface area contributed by atoms with E-state index in [2.05, 4.69) is 17.1 Å². The van der Waals surface area contributed by atoms with Crippen molar-refractivity contribution in [1.82, 2.24) is 4.98 Å². The highest BCUT2D eigenvalue weighted by atomic mass is 32.3. The number of hydrogen-bond acceptors (Lipinski definition) is 4. The molecule has 0 saturated heterocycles. The minimum absolute atomic E-state index is 0. The molecule has 3 aromatic rings. The van der Waals surface area contributed by atoms with Gasteiger partial charge in [-0.3, -0.25) is 9.11 Å². The van der Waals surface area contributed by atoms with Crippen LogP contribution < -0.4 is 5.73 Å². The lowest BCUT2D eigenvalue weighted by Gasteiger charge is -2.01. The van der Waals surface area contributed by atoms with Crippen molar-refractivity contribution in [1.29, 1.82) is 0 Å². The first-order chi connectivity index (χ1) is 9.33. The third-order valence-corrected chi connectivity index (χ3v) is 2.54. The molecule has 1 heterocycles. The number of hydrogen-bond donors (Lipinski definition) is 3. The van der Waals surface area contributed by atoms with Crippen molar-refractivity contribution in [3.63, 3.8) is 0 Å². The molecule has 21 heavy (non-hydrogen) atoms. The second kappa shape index (κ2) is 6.46. The van der Waals surface area contributed by atoms with Crippen LogP contribution in [0.15, 0.2) is 48.5 Å². The van der Waals surface area contributed by atoms with Gasteiger partial charge >= 0.3 is 10.4 Å². The fourth-order valence-electron chi connectivity index (χ4n) is 1.79. The van der Waals surface area contributed by atoms with E-state index in [-0.39, 0.29) is 5.48 Å². The molecular weight excluding hydrogens is 296 g/mol. The van der Waals surface area contributed by atoms with Crippen LogP contribution in [0.5, 0.6) is 0 Å². The number of anilines is 1. The zero-order valence-electron chi connectivity index (χ0n) is 10.8. The van der Waals surface area contributed by atoms with E-state index in [1.165, 1.54) is 0 Å². The van der Waals surface area contributed by atoms with Crippen LogP contribution in [-0.4, -0.2) is 28.0 Å². The van der Waals surface area contributed by atoms with E-state index >= 15 is 0 Å². The molecule has 0 radical (unpaired) electrons. The number of pyridine rings is 1. The van der Waals surface area contributed by atoms with Gasteiger partial charge in [0.05, 0.1) is 11.0 Å². The van der Waals surface area contributed by atoms with Crippen LogP contribution in [0.1, 0.15) is 0 Å². The van der Waals surface area contributed by atoms with E-state index in [1.54, 1.807) is 0 Å². The average Bonchev–Trinajstić information content (AvgIpc) is 2.34. The number of rotatable bonds is 0. The monoisotopic (exact) mass is 310 g/mol. The van der Waals surface area contributed by atoms with E-state index in [0.29, 0.717) is 0 Å². The topological polar surface area (TPSA) is 145 Å². The summed E-state index contributed by atoms with van der Waals surface area (Å²) >= 11 is 0. The van der Waals surface area contributed by atoms with E-state index < -0.39 is 10.4 Å². The summed E-state index contributed by atoms with van der Waals surface area (Å²) in [5.41, 5.74) is 8.45. The molecule has 0 atom stereocenters. The van der Waals surface area contributed by atoms with Crippen molar-refractivity contribution in [3.8, 4) is 0 Å². The van der Waals surface area contributed by atoms with Crippen molar-refractivity contribution in [2.24, 2.45) is 0 Å². The van der Waals surface area contributed by atoms with Crippen molar-refractivity contribution in [2.75, 3.05) is 5.73 Å². The quantitative estimate of drug-likeness (QED) is 0.326. The molecule has 6 N–H and O–H groups in total. The molecule has 0 saturated carbocycles. The molecule has 3 rings (SSSR count). The number of nitrogens with zero attached hydrogens (tertiary/aromatic N) is 1. The number of para-hydroxylation sites is 1. The Bertz CT molecular complexity index is 857. The molecule has 0 aliphatic rings.